The molecule has 3 amide bonds. The summed E-state index contributed by atoms with van der Waals surface area (Å²) in [6.45, 7) is 0.400. The van der Waals surface area contributed by atoms with Crippen LogP contribution < -0.4 is 5.32 Å². The van der Waals surface area contributed by atoms with Gasteiger partial charge in [0.15, 0.2) is 0 Å². The summed E-state index contributed by atoms with van der Waals surface area (Å²) in [5.74, 6) is -0.374. The van der Waals surface area contributed by atoms with Gasteiger partial charge in [-0.1, -0.05) is 43.1 Å². The van der Waals surface area contributed by atoms with Gasteiger partial charge >= 0.3 is 6.03 Å². The van der Waals surface area contributed by atoms with E-state index in [-0.39, 0.29) is 5.92 Å². The predicted molar refractivity (Wildman–Crippen MR) is 110 cm³/mol. The van der Waals surface area contributed by atoms with Crippen LogP contribution in [0.1, 0.15) is 33.3 Å². The fourth-order valence-corrected chi connectivity index (χ4v) is 3.76. The van der Waals surface area contributed by atoms with Gasteiger partial charge in [0, 0.05) is 34.8 Å². The van der Waals surface area contributed by atoms with Gasteiger partial charge in [0.25, 0.3) is 5.91 Å². The highest BCUT2D eigenvalue weighted by molar-refractivity contribution is 7.79. The summed E-state index contributed by atoms with van der Waals surface area (Å²) in [5, 5.41) is 4.79. The maximum absolute atomic E-state index is 12.3. The van der Waals surface area contributed by atoms with Gasteiger partial charge in [-0.25, -0.2) is 9.10 Å². The van der Waals surface area contributed by atoms with E-state index >= 15 is 0 Å². The van der Waals surface area contributed by atoms with Gasteiger partial charge in [-0.15, -0.1) is 11.3 Å². The Kier molecular flexibility index (Phi) is 6.62. The van der Waals surface area contributed by atoms with Crippen LogP contribution >= 0.6 is 24.2 Å². The molecule has 0 fully saturated rings. The molecule has 5 nitrogen and oxygen atoms in total. The molecule has 1 N–H and O–H groups in total. The van der Waals surface area contributed by atoms with Crippen molar-refractivity contribution in [3.8, 4) is 0 Å². The number of carbonyl (C=O) groups is 2. The van der Waals surface area contributed by atoms with E-state index in [0.29, 0.717) is 18.5 Å². The third-order valence-corrected chi connectivity index (χ3v) is 5.40. The van der Waals surface area contributed by atoms with Crippen LogP contribution in [0.5, 0.6) is 0 Å². The van der Waals surface area contributed by atoms with E-state index in [9.17, 15) is 9.59 Å². The highest BCUT2D eigenvalue weighted by atomic mass is 32.1. The van der Waals surface area contributed by atoms with Crippen molar-refractivity contribution in [1.82, 2.24) is 14.6 Å². The number of carbonyl (C=O) groups excluding carboxylic acids is 2. The molecule has 1 aromatic carbocycles. The quantitative estimate of drug-likeness (QED) is 0.608. The minimum atomic E-state index is -0.543. The molecule has 0 bridgehead atoms. The van der Waals surface area contributed by atoms with Gasteiger partial charge in [0.1, 0.15) is 0 Å². The lowest BCUT2D eigenvalue weighted by Crippen LogP contribution is -2.38. The number of thiophene rings is 1. The molecule has 7 heteroatoms. The number of benzene rings is 1. The van der Waals surface area contributed by atoms with E-state index in [1.54, 1.807) is 41.8 Å². The van der Waals surface area contributed by atoms with Gasteiger partial charge in [-0.3, -0.25) is 9.78 Å². The average Bonchev–Trinajstić information content (AvgIpc) is 3.25. The Morgan fingerprint density at radius 2 is 1.85 bits per heavy atom. The first kappa shape index (κ1) is 19.1. The summed E-state index contributed by atoms with van der Waals surface area (Å²) in [6.07, 6.45) is 2.44. The van der Waals surface area contributed by atoms with Crippen molar-refractivity contribution in [1.29, 1.82) is 0 Å². The molecule has 3 aromatic rings. The second kappa shape index (κ2) is 9.34. The first-order valence-corrected chi connectivity index (χ1v) is 9.75. The van der Waals surface area contributed by atoms with Crippen LogP contribution in [0.25, 0.3) is 0 Å². The van der Waals surface area contributed by atoms with Crippen molar-refractivity contribution in [2.75, 3.05) is 6.54 Å². The van der Waals surface area contributed by atoms with Crippen molar-refractivity contribution in [3.63, 3.8) is 0 Å². The van der Waals surface area contributed by atoms with Crippen LogP contribution in [0.4, 0.5) is 4.79 Å². The minimum absolute atomic E-state index is 0.0877. The van der Waals surface area contributed by atoms with Gasteiger partial charge in [0.2, 0.25) is 0 Å². The Bertz CT molecular complexity index is 871. The summed E-state index contributed by atoms with van der Waals surface area (Å²) in [4.78, 5) is 30.2. The van der Waals surface area contributed by atoms with Crippen LogP contribution in [0, 0.1) is 0 Å². The number of imide groups is 1. The topological polar surface area (TPSA) is 62.3 Å². The van der Waals surface area contributed by atoms with Gasteiger partial charge in [-0.05, 0) is 42.1 Å². The summed E-state index contributed by atoms with van der Waals surface area (Å²) in [7, 11) is 0. The maximum atomic E-state index is 12.3. The van der Waals surface area contributed by atoms with Crippen LogP contribution in [0.15, 0.2) is 72.2 Å². The number of pyridine rings is 1. The number of amides is 3. The molecule has 0 saturated carbocycles. The highest BCUT2D eigenvalue weighted by Crippen LogP contribution is 2.29. The molecule has 0 spiro atoms. The number of nitrogens with zero attached hydrogens (tertiary/aromatic N) is 2. The fraction of sp³-hybridized carbons (Fsp3) is 0.150. The molecule has 3 rings (SSSR count). The second-order valence-electron chi connectivity index (χ2n) is 5.83. The van der Waals surface area contributed by atoms with Crippen molar-refractivity contribution in [3.05, 3.63) is 88.4 Å². The fourth-order valence-electron chi connectivity index (χ4n) is 2.70. The summed E-state index contributed by atoms with van der Waals surface area (Å²) < 4.78 is 0.802. The predicted octanol–water partition coefficient (Wildman–Crippen LogP) is 4.36. The van der Waals surface area contributed by atoms with E-state index < -0.39 is 11.9 Å². The lowest BCUT2D eigenvalue weighted by atomic mass is 9.99. The van der Waals surface area contributed by atoms with E-state index in [2.05, 4.69) is 29.2 Å². The first-order valence-electron chi connectivity index (χ1n) is 8.47. The lowest BCUT2D eigenvalue weighted by Gasteiger charge is -2.18. The van der Waals surface area contributed by atoms with Crippen LogP contribution in [-0.4, -0.2) is 27.8 Å². The number of urea groups is 1. The largest absolute Gasteiger partial charge is 0.337 e. The third kappa shape index (κ3) is 4.96. The smallest absolute Gasteiger partial charge is 0.334 e. The van der Waals surface area contributed by atoms with Gasteiger partial charge in [-0.2, -0.15) is 0 Å². The molecule has 0 aliphatic heterocycles. The summed E-state index contributed by atoms with van der Waals surface area (Å²) >= 11 is 5.71. The van der Waals surface area contributed by atoms with Crippen molar-refractivity contribution in [2.24, 2.45) is 0 Å². The summed E-state index contributed by atoms with van der Waals surface area (Å²) in [6, 6.07) is 17.9. The average molecular weight is 398 g/mol. The molecule has 27 heavy (non-hydrogen) atoms. The van der Waals surface area contributed by atoms with Crippen molar-refractivity contribution in [2.45, 2.75) is 12.3 Å². The number of nitrogens with one attached hydrogen (secondary N) is 1. The molecular weight excluding hydrogens is 378 g/mol. The Morgan fingerprint density at radius 1 is 1.07 bits per heavy atom. The van der Waals surface area contributed by atoms with E-state index in [0.717, 1.165) is 10.00 Å². The lowest BCUT2D eigenvalue weighted by molar-refractivity contribution is 0.0895. The monoisotopic (exact) mass is 397 g/mol. The Balaban J connectivity index is 1.60. The Labute approximate surface area is 167 Å². The molecule has 0 aliphatic rings. The molecule has 0 radical (unpaired) electrons. The zero-order chi connectivity index (χ0) is 19.1. The van der Waals surface area contributed by atoms with E-state index in [1.165, 1.54) is 4.88 Å². The molecular formula is C20H19N3O2S2. The SMILES string of the molecule is O=C(NCCC(c1ccccn1)c1cccs1)N(S)C(=O)c1ccccc1. The molecule has 0 saturated heterocycles. The number of hydrogen-bond donors (Lipinski definition) is 2. The van der Waals surface area contributed by atoms with Crippen molar-refractivity contribution >= 4 is 36.1 Å². The number of rotatable bonds is 6. The molecule has 138 valence electrons. The molecule has 2 aromatic heterocycles. The van der Waals surface area contributed by atoms with E-state index in [1.807, 2.05) is 35.7 Å². The first-order chi connectivity index (χ1) is 13.2. The molecule has 0 aliphatic carbocycles. The van der Waals surface area contributed by atoms with Crippen LogP contribution in [0.3, 0.4) is 0 Å². The highest BCUT2D eigenvalue weighted by Gasteiger charge is 2.21. The Morgan fingerprint density at radius 3 is 2.52 bits per heavy atom. The zero-order valence-corrected chi connectivity index (χ0v) is 16.2. The third-order valence-electron chi connectivity index (χ3n) is 4.05. The van der Waals surface area contributed by atoms with Crippen LogP contribution in [0.2, 0.25) is 0 Å². The van der Waals surface area contributed by atoms with Crippen LogP contribution in [-0.2, 0) is 0 Å². The standard InChI is InChI=1S/C20H19N3O2S2/c24-19(15-7-2-1-3-8-15)23(26)20(25)22-13-11-16(18-10-6-14-27-18)17-9-4-5-12-21-17/h1-10,12,14,16,26H,11,13H2,(H,22,25). The zero-order valence-electron chi connectivity index (χ0n) is 14.5. The summed E-state index contributed by atoms with van der Waals surface area (Å²) in [5.41, 5.74) is 1.37. The normalized spacial score (nSPS) is 11.6. The van der Waals surface area contributed by atoms with Crippen molar-refractivity contribution < 1.29 is 9.59 Å². The molecule has 1 unspecified atom stereocenters. The number of aromatic nitrogens is 1. The van der Waals surface area contributed by atoms with Gasteiger partial charge < -0.3 is 5.32 Å². The maximum Gasteiger partial charge on any atom is 0.334 e. The second-order valence-corrected chi connectivity index (χ2v) is 7.21. The van der Waals surface area contributed by atoms with E-state index in [4.69, 9.17) is 0 Å². The molecule has 1 atom stereocenters. The van der Waals surface area contributed by atoms with Gasteiger partial charge in [0.05, 0.1) is 0 Å². The Hall–Kier alpha value is -2.64. The molecule has 2 heterocycles. The number of hydrogen-bond acceptors (Lipinski definition) is 5. The number of thiol groups is 1. The minimum Gasteiger partial charge on any atom is -0.337 e.